The first-order valence-corrected chi connectivity index (χ1v) is 4.38. The minimum absolute atomic E-state index is 0.373. The highest BCUT2D eigenvalue weighted by atomic mass is 35.5. The molecule has 3 heteroatoms. The number of halogens is 1. The van der Waals surface area contributed by atoms with Gasteiger partial charge in [-0.1, -0.05) is 18.8 Å². The van der Waals surface area contributed by atoms with Gasteiger partial charge in [-0.15, -0.1) is 11.6 Å². The lowest BCUT2D eigenvalue weighted by Crippen LogP contribution is -1.89. The van der Waals surface area contributed by atoms with E-state index in [9.17, 15) is 0 Å². The van der Waals surface area contributed by atoms with Crippen molar-refractivity contribution >= 4 is 11.6 Å². The number of rotatable bonds is 1. The molecule has 0 unspecified atom stereocenters. The zero-order valence-electron chi connectivity index (χ0n) is 7.26. The molecule has 1 heterocycles. The van der Waals surface area contributed by atoms with E-state index in [0.717, 1.165) is 17.7 Å². The van der Waals surface area contributed by atoms with Crippen LogP contribution in [0.5, 0.6) is 0 Å². The number of alkyl halides is 1. The summed E-state index contributed by atoms with van der Waals surface area (Å²) in [5.74, 6) is 6.16. The summed E-state index contributed by atoms with van der Waals surface area (Å²) in [4.78, 5) is 0. The van der Waals surface area contributed by atoms with Crippen LogP contribution in [0.4, 0.5) is 0 Å². The van der Waals surface area contributed by atoms with E-state index in [0.29, 0.717) is 5.88 Å². The van der Waals surface area contributed by atoms with Gasteiger partial charge in [0.1, 0.15) is 0 Å². The molecule has 1 aromatic heterocycles. The van der Waals surface area contributed by atoms with Gasteiger partial charge >= 0.3 is 0 Å². The first-order valence-electron chi connectivity index (χ1n) is 3.85. The van der Waals surface area contributed by atoms with Crippen molar-refractivity contribution in [2.24, 2.45) is 7.05 Å². The van der Waals surface area contributed by atoms with Crippen LogP contribution in [0.15, 0.2) is 6.20 Å². The smallest absolute Gasteiger partial charge is 0.0839 e. The van der Waals surface area contributed by atoms with Crippen LogP contribution in [0, 0.1) is 11.8 Å². The third-order valence-electron chi connectivity index (χ3n) is 1.53. The molecule has 1 rings (SSSR count). The quantitative estimate of drug-likeness (QED) is 0.476. The summed E-state index contributed by atoms with van der Waals surface area (Å²) in [5, 5.41) is 4.25. The second kappa shape index (κ2) is 4.18. The molecule has 2 nitrogen and oxygen atoms in total. The van der Waals surface area contributed by atoms with Gasteiger partial charge in [0.25, 0.3) is 0 Å². The number of hydrogen-bond acceptors (Lipinski definition) is 1. The van der Waals surface area contributed by atoms with Crippen molar-refractivity contribution in [2.45, 2.75) is 13.3 Å². The summed E-state index contributed by atoms with van der Waals surface area (Å²) in [6, 6.07) is 0. The first-order chi connectivity index (χ1) is 5.77. The van der Waals surface area contributed by atoms with E-state index < -0.39 is 0 Å². The monoisotopic (exact) mass is 182 g/mol. The van der Waals surface area contributed by atoms with Crippen LogP contribution in [0.1, 0.15) is 18.2 Å². The molecular formula is C9H11ClN2. The van der Waals surface area contributed by atoms with Gasteiger partial charge in [-0.2, -0.15) is 5.10 Å². The normalized spacial score (nSPS) is 9.25. The Kier molecular flexibility index (Phi) is 3.19. The lowest BCUT2D eigenvalue weighted by Gasteiger charge is -1.86. The van der Waals surface area contributed by atoms with E-state index in [1.807, 2.05) is 13.2 Å². The molecule has 1 aromatic rings. The van der Waals surface area contributed by atoms with Crippen molar-refractivity contribution < 1.29 is 0 Å². The predicted octanol–water partition coefficient (Wildman–Crippen LogP) is 1.57. The Hall–Kier alpha value is -0.940. The summed E-state index contributed by atoms with van der Waals surface area (Å²) >= 11 is 5.45. The molecule has 0 saturated heterocycles. The van der Waals surface area contributed by atoms with Crippen LogP contribution in [-0.2, 0) is 13.5 Å². The zero-order valence-corrected chi connectivity index (χ0v) is 8.02. The minimum Gasteiger partial charge on any atom is -0.274 e. The van der Waals surface area contributed by atoms with Crippen molar-refractivity contribution in [1.82, 2.24) is 9.78 Å². The van der Waals surface area contributed by atoms with Gasteiger partial charge in [-0.25, -0.2) is 0 Å². The lowest BCUT2D eigenvalue weighted by atomic mass is 10.2. The standard InChI is InChI=1S/C9H11ClN2/c1-3-9-8(5-4-6-10)7-12(2)11-9/h7H,3,6H2,1-2H3. The van der Waals surface area contributed by atoms with Gasteiger partial charge in [0.2, 0.25) is 0 Å². The number of aryl methyl sites for hydroxylation is 2. The molecule has 0 amide bonds. The third kappa shape index (κ3) is 2.02. The van der Waals surface area contributed by atoms with Crippen LogP contribution in [-0.4, -0.2) is 15.7 Å². The van der Waals surface area contributed by atoms with Crippen molar-refractivity contribution in [3.63, 3.8) is 0 Å². The Morgan fingerprint density at radius 1 is 1.67 bits per heavy atom. The van der Waals surface area contributed by atoms with Gasteiger partial charge in [0, 0.05) is 13.2 Å². The third-order valence-corrected chi connectivity index (χ3v) is 1.66. The molecule has 0 N–H and O–H groups in total. The number of aromatic nitrogens is 2. The molecule has 0 atom stereocenters. The summed E-state index contributed by atoms with van der Waals surface area (Å²) < 4.78 is 1.77. The second-order valence-electron chi connectivity index (χ2n) is 2.45. The molecule has 0 aliphatic rings. The van der Waals surface area contributed by atoms with Crippen LogP contribution >= 0.6 is 11.6 Å². The topological polar surface area (TPSA) is 17.8 Å². The van der Waals surface area contributed by atoms with Crippen molar-refractivity contribution in [2.75, 3.05) is 5.88 Å². The molecule has 0 bridgehead atoms. The van der Waals surface area contributed by atoms with Gasteiger partial charge in [-0.3, -0.25) is 4.68 Å². The second-order valence-corrected chi connectivity index (χ2v) is 2.72. The SMILES string of the molecule is CCc1nn(C)cc1C#CCCl. The molecule has 0 radical (unpaired) electrons. The lowest BCUT2D eigenvalue weighted by molar-refractivity contribution is 0.746. The maximum atomic E-state index is 5.45. The highest BCUT2D eigenvalue weighted by Gasteiger charge is 2.01. The molecule has 12 heavy (non-hydrogen) atoms. The maximum Gasteiger partial charge on any atom is 0.0839 e. The van der Waals surface area contributed by atoms with Crippen molar-refractivity contribution in [3.05, 3.63) is 17.5 Å². The van der Waals surface area contributed by atoms with E-state index >= 15 is 0 Å². The van der Waals surface area contributed by atoms with Gasteiger partial charge in [0.05, 0.1) is 17.1 Å². The predicted molar refractivity (Wildman–Crippen MR) is 50.2 cm³/mol. The Morgan fingerprint density at radius 3 is 3.00 bits per heavy atom. The Balaban J connectivity index is 2.96. The van der Waals surface area contributed by atoms with Gasteiger partial charge < -0.3 is 0 Å². The molecule has 0 spiro atoms. The Morgan fingerprint density at radius 2 is 2.42 bits per heavy atom. The van der Waals surface area contributed by atoms with E-state index in [4.69, 9.17) is 11.6 Å². The number of nitrogens with zero attached hydrogens (tertiary/aromatic N) is 2. The van der Waals surface area contributed by atoms with Gasteiger partial charge in [0.15, 0.2) is 0 Å². The van der Waals surface area contributed by atoms with Gasteiger partial charge in [-0.05, 0) is 6.42 Å². The molecular weight excluding hydrogens is 172 g/mol. The Labute approximate surface area is 77.5 Å². The summed E-state index contributed by atoms with van der Waals surface area (Å²) in [7, 11) is 1.89. The molecule has 0 fully saturated rings. The average Bonchev–Trinajstić information content (AvgIpc) is 2.42. The molecule has 0 aliphatic heterocycles. The van der Waals surface area contributed by atoms with Crippen LogP contribution in [0.2, 0.25) is 0 Å². The largest absolute Gasteiger partial charge is 0.274 e. The number of hydrogen-bond donors (Lipinski definition) is 0. The van der Waals surface area contributed by atoms with E-state index in [1.165, 1.54) is 0 Å². The summed E-state index contributed by atoms with van der Waals surface area (Å²) in [6.07, 6.45) is 2.82. The van der Waals surface area contributed by atoms with E-state index in [-0.39, 0.29) is 0 Å². The van der Waals surface area contributed by atoms with Crippen LogP contribution in [0.3, 0.4) is 0 Å². The fourth-order valence-electron chi connectivity index (χ4n) is 1.03. The molecule has 0 aromatic carbocycles. The minimum atomic E-state index is 0.373. The molecule has 64 valence electrons. The fourth-order valence-corrected chi connectivity index (χ4v) is 1.10. The zero-order chi connectivity index (χ0) is 8.97. The Bertz CT molecular complexity index is 317. The average molecular weight is 183 g/mol. The molecule has 0 saturated carbocycles. The highest BCUT2D eigenvalue weighted by Crippen LogP contribution is 2.04. The van der Waals surface area contributed by atoms with E-state index in [1.54, 1.807) is 4.68 Å². The molecule has 0 aliphatic carbocycles. The summed E-state index contributed by atoms with van der Waals surface area (Å²) in [5.41, 5.74) is 2.02. The first kappa shape index (κ1) is 9.15. The summed E-state index contributed by atoms with van der Waals surface area (Å²) in [6.45, 7) is 2.06. The van der Waals surface area contributed by atoms with E-state index in [2.05, 4.69) is 23.9 Å². The van der Waals surface area contributed by atoms with Crippen LogP contribution in [0.25, 0.3) is 0 Å². The van der Waals surface area contributed by atoms with Crippen molar-refractivity contribution in [3.8, 4) is 11.8 Å². The highest BCUT2D eigenvalue weighted by molar-refractivity contribution is 6.19. The van der Waals surface area contributed by atoms with Crippen LogP contribution < -0.4 is 0 Å². The fraction of sp³-hybridized carbons (Fsp3) is 0.444. The van der Waals surface area contributed by atoms with Crippen molar-refractivity contribution in [1.29, 1.82) is 0 Å². The maximum absolute atomic E-state index is 5.45.